The molecule has 6 heteroatoms. The molecule has 0 aliphatic heterocycles. The van der Waals surface area contributed by atoms with E-state index >= 15 is 0 Å². The van der Waals surface area contributed by atoms with Crippen molar-refractivity contribution in [3.63, 3.8) is 0 Å². The molecule has 0 bridgehead atoms. The zero-order valence-electron chi connectivity index (χ0n) is 15.1. The highest BCUT2D eigenvalue weighted by atomic mass is 32.2. The minimum absolute atomic E-state index is 0.151. The topological polar surface area (TPSA) is 67.8 Å². The number of aryl methyl sites for hydroxylation is 1. The molecule has 0 aliphatic rings. The summed E-state index contributed by atoms with van der Waals surface area (Å²) < 4.78 is 34.8. The zero-order chi connectivity index (χ0) is 19.3. The van der Waals surface area contributed by atoms with Gasteiger partial charge in [-0.15, -0.1) is 4.40 Å². The van der Waals surface area contributed by atoms with Crippen LogP contribution < -0.4 is 10.1 Å². The molecule has 0 aromatic heterocycles. The van der Waals surface area contributed by atoms with Crippen LogP contribution in [0.5, 0.6) is 5.75 Å². The molecule has 3 aromatic rings. The number of anilines is 1. The van der Waals surface area contributed by atoms with Crippen molar-refractivity contribution in [2.75, 3.05) is 12.4 Å². The molecule has 0 radical (unpaired) electrons. The molecular formula is C21H20N2O3S. The van der Waals surface area contributed by atoms with E-state index in [9.17, 15) is 8.42 Å². The molecule has 0 atom stereocenters. The highest BCUT2D eigenvalue weighted by Crippen LogP contribution is 2.19. The largest absolute Gasteiger partial charge is 0.497 e. The first-order chi connectivity index (χ1) is 13.0. The number of benzene rings is 3. The Hall–Kier alpha value is -3.12. The Morgan fingerprint density at radius 1 is 0.889 bits per heavy atom. The summed E-state index contributed by atoms with van der Waals surface area (Å²) >= 11 is 0. The number of nitrogens with zero attached hydrogens (tertiary/aromatic N) is 1. The van der Waals surface area contributed by atoms with Gasteiger partial charge < -0.3 is 10.1 Å². The third kappa shape index (κ3) is 4.74. The first-order valence-corrected chi connectivity index (χ1v) is 9.80. The second-order valence-corrected chi connectivity index (χ2v) is 7.55. The lowest BCUT2D eigenvalue weighted by Gasteiger charge is -2.11. The Kier molecular flexibility index (Phi) is 5.57. The number of amidine groups is 1. The quantitative estimate of drug-likeness (QED) is 0.531. The summed E-state index contributed by atoms with van der Waals surface area (Å²) in [5.41, 5.74) is 2.36. The van der Waals surface area contributed by atoms with Crippen molar-refractivity contribution in [1.29, 1.82) is 0 Å². The van der Waals surface area contributed by atoms with Crippen LogP contribution in [0, 0.1) is 6.92 Å². The van der Waals surface area contributed by atoms with Gasteiger partial charge in [0.05, 0.1) is 12.0 Å². The number of ether oxygens (including phenoxy) is 1. The average Bonchev–Trinajstić information content (AvgIpc) is 2.69. The van der Waals surface area contributed by atoms with E-state index in [0.29, 0.717) is 17.0 Å². The smallest absolute Gasteiger partial charge is 0.284 e. The van der Waals surface area contributed by atoms with E-state index in [1.54, 1.807) is 67.8 Å². The standard InChI is InChI=1S/C21H20N2O3S/c1-16-8-14-20(15-9-16)27(24,25)23-21(17-6-4-3-5-7-17)22-18-10-12-19(26-2)13-11-18/h3-15H,1-2H3,(H,22,23). The van der Waals surface area contributed by atoms with E-state index in [2.05, 4.69) is 9.71 Å². The molecule has 0 unspecified atom stereocenters. The van der Waals surface area contributed by atoms with Gasteiger partial charge in [0.25, 0.3) is 10.0 Å². The van der Waals surface area contributed by atoms with Crippen LogP contribution in [-0.4, -0.2) is 21.4 Å². The molecule has 27 heavy (non-hydrogen) atoms. The molecule has 1 N–H and O–H groups in total. The second kappa shape index (κ2) is 8.05. The maximum Gasteiger partial charge on any atom is 0.284 e. The minimum Gasteiger partial charge on any atom is -0.497 e. The van der Waals surface area contributed by atoms with Crippen LogP contribution >= 0.6 is 0 Å². The summed E-state index contributed by atoms with van der Waals surface area (Å²) in [7, 11) is -2.27. The lowest BCUT2D eigenvalue weighted by molar-refractivity contribution is 0.415. The predicted molar refractivity (Wildman–Crippen MR) is 108 cm³/mol. The Balaban J connectivity index is 2.01. The zero-order valence-corrected chi connectivity index (χ0v) is 15.9. The molecule has 5 nitrogen and oxygen atoms in total. The van der Waals surface area contributed by atoms with Crippen LogP contribution in [0.4, 0.5) is 5.69 Å². The lowest BCUT2D eigenvalue weighted by atomic mass is 10.2. The molecule has 0 aliphatic carbocycles. The van der Waals surface area contributed by atoms with Crippen LogP contribution in [0.15, 0.2) is 88.2 Å². The fraction of sp³-hybridized carbons (Fsp3) is 0.0952. The molecule has 0 saturated carbocycles. The van der Waals surface area contributed by atoms with Gasteiger partial charge in [-0.25, -0.2) is 0 Å². The van der Waals surface area contributed by atoms with E-state index in [4.69, 9.17) is 4.74 Å². The van der Waals surface area contributed by atoms with Gasteiger partial charge in [0.1, 0.15) is 5.75 Å². The number of hydrogen-bond acceptors (Lipinski definition) is 3. The SMILES string of the molecule is COc1ccc(N/C(=N/S(=O)(=O)c2ccc(C)cc2)c2ccccc2)cc1. The number of sulfonamides is 1. The highest BCUT2D eigenvalue weighted by molar-refractivity contribution is 7.90. The fourth-order valence-electron chi connectivity index (χ4n) is 2.44. The molecule has 3 aromatic carbocycles. The molecule has 0 fully saturated rings. The van der Waals surface area contributed by atoms with Crippen molar-refractivity contribution in [2.45, 2.75) is 11.8 Å². The van der Waals surface area contributed by atoms with Crippen molar-refractivity contribution in [3.8, 4) is 5.75 Å². The second-order valence-electron chi connectivity index (χ2n) is 5.95. The molecule has 138 valence electrons. The summed E-state index contributed by atoms with van der Waals surface area (Å²) in [6.45, 7) is 1.90. The molecule has 0 spiro atoms. The summed E-state index contributed by atoms with van der Waals surface area (Å²) in [4.78, 5) is 0.151. The molecular weight excluding hydrogens is 360 g/mol. The van der Waals surface area contributed by atoms with Crippen LogP contribution in [0.25, 0.3) is 0 Å². The summed E-state index contributed by atoms with van der Waals surface area (Å²) in [5.74, 6) is 0.965. The first kappa shape index (κ1) is 18.7. The van der Waals surface area contributed by atoms with Gasteiger partial charge in [-0.2, -0.15) is 8.42 Å². The summed E-state index contributed by atoms with van der Waals surface area (Å²) in [6.07, 6.45) is 0. The van der Waals surface area contributed by atoms with Crippen LogP contribution in [-0.2, 0) is 10.0 Å². The van der Waals surface area contributed by atoms with E-state index in [1.165, 1.54) is 0 Å². The van der Waals surface area contributed by atoms with Crippen molar-refractivity contribution >= 4 is 21.5 Å². The van der Waals surface area contributed by atoms with Gasteiger partial charge in [0, 0.05) is 11.3 Å². The molecule has 0 saturated heterocycles. The molecule has 0 amide bonds. The van der Waals surface area contributed by atoms with Gasteiger partial charge >= 0.3 is 0 Å². The van der Waals surface area contributed by atoms with Crippen molar-refractivity contribution in [2.24, 2.45) is 4.40 Å². The third-order valence-corrected chi connectivity index (χ3v) is 5.22. The Labute approximate surface area is 159 Å². The van der Waals surface area contributed by atoms with E-state index < -0.39 is 10.0 Å². The van der Waals surface area contributed by atoms with Gasteiger partial charge in [-0.1, -0.05) is 48.0 Å². The minimum atomic E-state index is -3.86. The van der Waals surface area contributed by atoms with E-state index in [-0.39, 0.29) is 10.7 Å². The van der Waals surface area contributed by atoms with Crippen molar-refractivity contribution in [1.82, 2.24) is 0 Å². The van der Waals surface area contributed by atoms with Crippen molar-refractivity contribution < 1.29 is 13.2 Å². The molecule has 0 heterocycles. The summed E-state index contributed by atoms with van der Waals surface area (Å²) in [5, 5.41) is 3.10. The summed E-state index contributed by atoms with van der Waals surface area (Å²) in [6, 6.07) is 22.9. The highest BCUT2D eigenvalue weighted by Gasteiger charge is 2.15. The van der Waals surface area contributed by atoms with E-state index in [0.717, 1.165) is 5.56 Å². The molecule has 3 rings (SSSR count). The van der Waals surface area contributed by atoms with Gasteiger partial charge in [-0.05, 0) is 43.3 Å². The monoisotopic (exact) mass is 380 g/mol. The van der Waals surface area contributed by atoms with E-state index in [1.807, 2.05) is 25.1 Å². The van der Waals surface area contributed by atoms with Crippen LogP contribution in [0.3, 0.4) is 0 Å². The van der Waals surface area contributed by atoms with Crippen molar-refractivity contribution in [3.05, 3.63) is 90.0 Å². The number of methoxy groups -OCH3 is 1. The number of rotatable bonds is 5. The normalized spacial score (nSPS) is 11.9. The van der Waals surface area contributed by atoms with Gasteiger partial charge in [0.2, 0.25) is 0 Å². The number of hydrogen-bond donors (Lipinski definition) is 1. The Morgan fingerprint density at radius 2 is 1.52 bits per heavy atom. The Morgan fingerprint density at radius 3 is 2.11 bits per heavy atom. The maximum absolute atomic E-state index is 12.8. The van der Waals surface area contributed by atoms with Gasteiger partial charge in [-0.3, -0.25) is 0 Å². The maximum atomic E-state index is 12.8. The lowest BCUT2D eigenvalue weighted by Crippen LogP contribution is -2.16. The van der Waals surface area contributed by atoms with Crippen LogP contribution in [0.2, 0.25) is 0 Å². The average molecular weight is 380 g/mol. The van der Waals surface area contributed by atoms with Crippen LogP contribution in [0.1, 0.15) is 11.1 Å². The third-order valence-electron chi connectivity index (χ3n) is 3.93. The first-order valence-electron chi connectivity index (χ1n) is 8.36. The fourth-order valence-corrected chi connectivity index (χ4v) is 3.41. The van der Waals surface area contributed by atoms with Gasteiger partial charge in [0.15, 0.2) is 5.84 Å². The Bertz CT molecular complexity index is 1030. The number of nitrogens with one attached hydrogen (secondary N) is 1. The predicted octanol–water partition coefficient (Wildman–Crippen LogP) is 4.25.